The molecule has 1 aliphatic rings. The Bertz CT molecular complexity index is 542. The van der Waals surface area contributed by atoms with Crippen LogP contribution in [-0.2, 0) is 9.59 Å². The number of hydrogen-bond acceptors (Lipinski definition) is 4. The van der Waals surface area contributed by atoms with Crippen molar-refractivity contribution in [3.05, 3.63) is 29.8 Å². The summed E-state index contributed by atoms with van der Waals surface area (Å²) in [6, 6.07) is 7.73. The summed E-state index contributed by atoms with van der Waals surface area (Å²) in [5.74, 6) is -0.801. The highest BCUT2D eigenvalue weighted by atomic mass is 16.5. The van der Waals surface area contributed by atoms with Gasteiger partial charge in [-0.2, -0.15) is 0 Å². The lowest BCUT2D eigenvalue weighted by Gasteiger charge is -2.29. The molecule has 0 aromatic heterocycles. The standard InChI is InChI=1S/C16H22N2O4/c1-17(2)14(11-4-6-13(22-3)7-5-11)10-18-9-12(16(20)21)8-15(18)19/h4-7,12,14H,8-10H2,1-3H3,(H,20,21). The van der Waals surface area contributed by atoms with Gasteiger partial charge in [0.2, 0.25) is 5.91 Å². The molecule has 6 nitrogen and oxygen atoms in total. The van der Waals surface area contributed by atoms with Crippen LogP contribution in [0.25, 0.3) is 0 Å². The second-order valence-corrected chi connectivity index (χ2v) is 5.79. The zero-order valence-corrected chi connectivity index (χ0v) is 13.2. The van der Waals surface area contributed by atoms with Gasteiger partial charge in [-0.15, -0.1) is 0 Å². The number of carboxylic acids is 1. The normalized spacial score (nSPS) is 19.5. The molecular formula is C16H22N2O4. The van der Waals surface area contributed by atoms with Gasteiger partial charge in [-0.05, 0) is 31.8 Å². The molecule has 120 valence electrons. The fraction of sp³-hybridized carbons (Fsp3) is 0.500. The number of benzene rings is 1. The highest BCUT2D eigenvalue weighted by molar-refractivity contribution is 5.86. The molecule has 0 bridgehead atoms. The minimum Gasteiger partial charge on any atom is -0.497 e. The van der Waals surface area contributed by atoms with Crippen molar-refractivity contribution >= 4 is 11.9 Å². The largest absolute Gasteiger partial charge is 0.497 e. The Hall–Kier alpha value is -2.08. The van der Waals surface area contributed by atoms with Crippen LogP contribution in [-0.4, -0.2) is 61.1 Å². The first-order valence-corrected chi connectivity index (χ1v) is 7.23. The molecule has 0 radical (unpaired) electrons. The number of methoxy groups -OCH3 is 1. The number of amides is 1. The molecule has 2 rings (SSSR count). The van der Waals surface area contributed by atoms with Crippen LogP contribution >= 0.6 is 0 Å². The summed E-state index contributed by atoms with van der Waals surface area (Å²) >= 11 is 0. The predicted molar refractivity (Wildman–Crippen MR) is 81.7 cm³/mol. The van der Waals surface area contributed by atoms with Gasteiger partial charge < -0.3 is 19.6 Å². The Labute approximate surface area is 130 Å². The monoisotopic (exact) mass is 306 g/mol. The maximum atomic E-state index is 12.0. The Morgan fingerprint density at radius 3 is 2.50 bits per heavy atom. The lowest BCUT2D eigenvalue weighted by molar-refractivity contribution is -0.141. The third-order valence-electron chi connectivity index (χ3n) is 4.08. The van der Waals surface area contributed by atoms with Crippen molar-refractivity contribution in [3.63, 3.8) is 0 Å². The quantitative estimate of drug-likeness (QED) is 0.856. The summed E-state index contributed by atoms with van der Waals surface area (Å²) in [6.07, 6.45) is 0.0953. The summed E-state index contributed by atoms with van der Waals surface area (Å²) in [7, 11) is 5.52. The number of likely N-dealkylation sites (N-methyl/N-ethyl adjacent to an activating group) is 1. The van der Waals surface area contributed by atoms with E-state index in [2.05, 4.69) is 0 Å². The fourth-order valence-electron chi connectivity index (χ4n) is 2.72. The molecule has 1 aromatic carbocycles. The lowest BCUT2D eigenvalue weighted by atomic mass is 10.1. The van der Waals surface area contributed by atoms with Crippen LogP contribution in [0.2, 0.25) is 0 Å². The van der Waals surface area contributed by atoms with Crippen molar-refractivity contribution in [1.82, 2.24) is 9.80 Å². The lowest BCUT2D eigenvalue weighted by Crippen LogP contribution is -2.36. The molecule has 1 aliphatic heterocycles. The number of carbonyl (C=O) groups is 2. The molecule has 1 aromatic rings. The van der Waals surface area contributed by atoms with E-state index in [4.69, 9.17) is 9.84 Å². The highest BCUT2D eigenvalue weighted by Crippen LogP contribution is 2.26. The smallest absolute Gasteiger partial charge is 0.308 e. The number of aliphatic carboxylic acids is 1. The molecule has 22 heavy (non-hydrogen) atoms. The zero-order valence-electron chi connectivity index (χ0n) is 13.2. The summed E-state index contributed by atoms with van der Waals surface area (Å²) < 4.78 is 5.16. The van der Waals surface area contributed by atoms with E-state index in [-0.39, 0.29) is 24.9 Å². The van der Waals surface area contributed by atoms with E-state index in [1.165, 1.54) is 0 Å². The van der Waals surface area contributed by atoms with Gasteiger partial charge >= 0.3 is 5.97 Å². The third kappa shape index (κ3) is 3.57. The van der Waals surface area contributed by atoms with Crippen molar-refractivity contribution in [2.45, 2.75) is 12.5 Å². The van der Waals surface area contributed by atoms with E-state index in [1.807, 2.05) is 43.3 Å². The summed E-state index contributed by atoms with van der Waals surface area (Å²) in [5, 5.41) is 9.06. The fourth-order valence-corrected chi connectivity index (χ4v) is 2.72. The first-order chi connectivity index (χ1) is 10.4. The van der Waals surface area contributed by atoms with Crippen molar-refractivity contribution in [1.29, 1.82) is 0 Å². The van der Waals surface area contributed by atoms with Crippen LogP contribution < -0.4 is 4.74 Å². The van der Waals surface area contributed by atoms with Gasteiger partial charge in [-0.3, -0.25) is 9.59 Å². The summed E-state index contributed by atoms with van der Waals surface area (Å²) in [4.78, 5) is 26.7. The number of carboxylic acid groups (broad SMARTS) is 1. The van der Waals surface area contributed by atoms with E-state index in [0.29, 0.717) is 6.54 Å². The minimum absolute atomic E-state index is 0.0161. The zero-order chi connectivity index (χ0) is 16.3. The van der Waals surface area contributed by atoms with Crippen LogP contribution in [0.1, 0.15) is 18.0 Å². The van der Waals surface area contributed by atoms with Crippen molar-refractivity contribution in [2.75, 3.05) is 34.3 Å². The summed E-state index contributed by atoms with van der Waals surface area (Å²) in [5.41, 5.74) is 1.07. The number of nitrogens with zero attached hydrogens (tertiary/aromatic N) is 2. The molecule has 1 amide bonds. The van der Waals surface area contributed by atoms with Gasteiger partial charge in [0.15, 0.2) is 0 Å². The molecule has 1 saturated heterocycles. The third-order valence-corrected chi connectivity index (χ3v) is 4.08. The van der Waals surface area contributed by atoms with Crippen LogP contribution in [0.5, 0.6) is 5.75 Å². The Balaban J connectivity index is 2.12. The second-order valence-electron chi connectivity index (χ2n) is 5.79. The van der Waals surface area contributed by atoms with Gasteiger partial charge in [-0.25, -0.2) is 0 Å². The van der Waals surface area contributed by atoms with E-state index in [0.717, 1.165) is 11.3 Å². The molecule has 0 saturated carbocycles. The van der Waals surface area contributed by atoms with Gasteiger partial charge in [-0.1, -0.05) is 12.1 Å². The van der Waals surface area contributed by atoms with Gasteiger partial charge in [0.25, 0.3) is 0 Å². The molecule has 0 spiro atoms. The van der Waals surface area contributed by atoms with E-state index >= 15 is 0 Å². The SMILES string of the molecule is COc1ccc(C(CN2CC(C(=O)O)CC2=O)N(C)C)cc1. The first-order valence-electron chi connectivity index (χ1n) is 7.23. The van der Waals surface area contributed by atoms with Crippen molar-refractivity contribution in [3.8, 4) is 5.75 Å². The number of carbonyl (C=O) groups excluding carboxylic acids is 1. The Morgan fingerprint density at radius 2 is 2.05 bits per heavy atom. The molecular weight excluding hydrogens is 284 g/mol. The van der Waals surface area contributed by atoms with Crippen LogP contribution in [0, 0.1) is 5.92 Å². The van der Waals surface area contributed by atoms with Crippen LogP contribution in [0.4, 0.5) is 0 Å². The molecule has 1 fully saturated rings. The number of rotatable bonds is 6. The number of ether oxygens (including phenoxy) is 1. The Morgan fingerprint density at radius 1 is 1.41 bits per heavy atom. The molecule has 2 unspecified atom stereocenters. The van der Waals surface area contributed by atoms with Gasteiger partial charge in [0.05, 0.1) is 19.1 Å². The van der Waals surface area contributed by atoms with Crippen molar-refractivity contribution < 1.29 is 19.4 Å². The Kier molecular flexibility index (Phi) is 5.03. The minimum atomic E-state index is -0.901. The molecule has 0 aliphatic carbocycles. The topological polar surface area (TPSA) is 70.1 Å². The second kappa shape index (κ2) is 6.79. The van der Waals surface area contributed by atoms with E-state index in [9.17, 15) is 9.59 Å². The molecule has 1 heterocycles. The van der Waals surface area contributed by atoms with Gasteiger partial charge in [0.1, 0.15) is 5.75 Å². The number of likely N-dealkylation sites (tertiary alicyclic amines) is 1. The average molecular weight is 306 g/mol. The van der Waals surface area contributed by atoms with Crippen molar-refractivity contribution in [2.24, 2.45) is 5.92 Å². The molecule has 1 N–H and O–H groups in total. The first kappa shape index (κ1) is 16.3. The predicted octanol–water partition coefficient (Wildman–Crippen LogP) is 1.23. The van der Waals surface area contributed by atoms with E-state index < -0.39 is 11.9 Å². The van der Waals surface area contributed by atoms with Crippen LogP contribution in [0.15, 0.2) is 24.3 Å². The summed E-state index contributed by atoms with van der Waals surface area (Å²) in [6.45, 7) is 0.774. The highest BCUT2D eigenvalue weighted by Gasteiger charge is 2.35. The molecule has 6 heteroatoms. The van der Waals surface area contributed by atoms with Gasteiger partial charge in [0, 0.05) is 19.5 Å². The average Bonchev–Trinajstić information content (AvgIpc) is 2.86. The maximum absolute atomic E-state index is 12.0. The van der Waals surface area contributed by atoms with E-state index in [1.54, 1.807) is 12.0 Å². The van der Waals surface area contributed by atoms with Crippen LogP contribution in [0.3, 0.4) is 0 Å². The molecule has 2 atom stereocenters. The number of hydrogen-bond donors (Lipinski definition) is 1. The maximum Gasteiger partial charge on any atom is 0.308 e.